The molecule has 114 valence electrons. The number of amides is 1. The van der Waals surface area contributed by atoms with Crippen molar-refractivity contribution in [2.75, 3.05) is 6.54 Å². The molecule has 0 radical (unpaired) electrons. The van der Waals surface area contributed by atoms with Crippen molar-refractivity contribution in [2.45, 2.75) is 32.3 Å². The van der Waals surface area contributed by atoms with Gasteiger partial charge in [-0.3, -0.25) is 14.8 Å². The molecule has 2 heterocycles. The van der Waals surface area contributed by atoms with E-state index < -0.39 is 0 Å². The zero-order chi connectivity index (χ0) is 15.4. The van der Waals surface area contributed by atoms with Crippen molar-refractivity contribution in [3.63, 3.8) is 0 Å². The van der Waals surface area contributed by atoms with Crippen LogP contribution in [0.25, 0.3) is 11.3 Å². The van der Waals surface area contributed by atoms with Gasteiger partial charge in [0, 0.05) is 30.8 Å². The first kappa shape index (κ1) is 14.5. The molecule has 1 aliphatic rings. The Labute approximate surface area is 129 Å². The molecule has 3 rings (SSSR count). The summed E-state index contributed by atoms with van der Waals surface area (Å²) in [4.78, 5) is 19.9. The number of fused-ring (bicyclic) bond motifs is 1. The van der Waals surface area contributed by atoms with Gasteiger partial charge in [-0.25, -0.2) is 0 Å². The number of hydrogen-bond acceptors (Lipinski definition) is 4. The van der Waals surface area contributed by atoms with E-state index >= 15 is 0 Å². The second kappa shape index (κ2) is 6.56. The van der Waals surface area contributed by atoms with Crippen molar-refractivity contribution in [3.8, 4) is 17.0 Å². The minimum atomic E-state index is 0.00733. The maximum Gasteiger partial charge on any atom is 0.220 e. The molecule has 5 nitrogen and oxygen atoms in total. The van der Waals surface area contributed by atoms with Crippen LogP contribution in [0.3, 0.4) is 0 Å². The third kappa shape index (κ3) is 3.24. The van der Waals surface area contributed by atoms with Crippen molar-refractivity contribution in [1.82, 2.24) is 15.3 Å². The molecule has 1 aliphatic heterocycles. The lowest BCUT2D eigenvalue weighted by molar-refractivity contribution is -0.121. The zero-order valence-corrected chi connectivity index (χ0v) is 12.6. The number of hydrogen-bond donors (Lipinski definition) is 1. The Balaban J connectivity index is 1.65. The third-order valence-electron chi connectivity index (χ3n) is 3.66. The van der Waals surface area contributed by atoms with E-state index in [-0.39, 0.29) is 12.0 Å². The van der Waals surface area contributed by atoms with Crippen molar-refractivity contribution >= 4 is 5.91 Å². The Morgan fingerprint density at radius 2 is 2.32 bits per heavy atom. The quantitative estimate of drug-likeness (QED) is 0.920. The Bertz CT molecular complexity index is 658. The van der Waals surface area contributed by atoms with Crippen LogP contribution in [0.15, 0.2) is 36.8 Å². The molecule has 0 unspecified atom stereocenters. The van der Waals surface area contributed by atoms with Gasteiger partial charge in [0.05, 0.1) is 18.4 Å². The zero-order valence-electron chi connectivity index (χ0n) is 12.6. The lowest BCUT2D eigenvalue weighted by Gasteiger charge is -2.11. The topological polar surface area (TPSA) is 64.1 Å². The highest BCUT2D eigenvalue weighted by Crippen LogP contribution is 2.32. The molecule has 22 heavy (non-hydrogen) atoms. The molecule has 0 saturated carbocycles. The average Bonchev–Trinajstić information content (AvgIpc) is 2.96. The van der Waals surface area contributed by atoms with Crippen molar-refractivity contribution in [3.05, 3.63) is 42.4 Å². The molecule has 1 aromatic carbocycles. The molecular formula is C17H19N3O2. The van der Waals surface area contributed by atoms with E-state index in [1.54, 1.807) is 18.6 Å². The molecule has 0 bridgehead atoms. The standard InChI is InChI=1S/C17H19N3O2/c1-2-3-17(21)20-10-14-9-13-8-12(4-5-16(13)22-14)15-11-18-6-7-19-15/h4-8,11,14H,2-3,9-10H2,1H3,(H,20,21)/t14-/m1/s1. The van der Waals surface area contributed by atoms with Gasteiger partial charge in [-0.15, -0.1) is 0 Å². The summed E-state index contributed by atoms with van der Waals surface area (Å²) in [5.74, 6) is 0.977. The number of nitrogens with one attached hydrogen (secondary N) is 1. The molecule has 1 amide bonds. The number of carbonyl (C=O) groups excluding carboxylic acids is 1. The van der Waals surface area contributed by atoms with Crippen LogP contribution in [0.4, 0.5) is 0 Å². The molecule has 1 N–H and O–H groups in total. The average molecular weight is 297 g/mol. The van der Waals surface area contributed by atoms with E-state index in [4.69, 9.17) is 4.74 Å². The molecule has 1 aromatic heterocycles. The van der Waals surface area contributed by atoms with E-state index in [0.29, 0.717) is 13.0 Å². The molecule has 0 fully saturated rings. The lowest BCUT2D eigenvalue weighted by Crippen LogP contribution is -2.34. The molecule has 0 saturated heterocycles. The van der Waals surface area contributed by atoms with Crippen LogP contribution in [-0.4, -0.2) is 28.5 Å². The highest BCUT2D eigenvalue weighted by Gasteiger charge is 2.23. The van der Waals surface area contributed by atoms with Crippen LogP contribution >= 0.6 is 0 Å². The van der Waals surface area contributed by atoms with E-state index in [9.17, 15) is 4.79 Å². The van der Waals surface area contributed by atoms with E-state index in [2.05, 4.69) is 21.4 Å². The third-order valence-corrected chi connectivity index (χ3v) is 3.66. The summed E-state index contributed by atoms with van der Waals surface area (Å²) in [6.45, 7) is 2.55. The van der Waals surface area contributed by atoms with Crippen molar-refractivity contribution in [1.29, 1.82) is 0 Å². The summed E-state index contributed by atoms with van der Waals surface area (Å²) < 4.78 is 5.88. The van der Waals surface area contributed by atoms with Crippen molar-refractivity contribution < 1.29 is 9.53 Å². The number of carbonyl (C=O) groups is 1. The van der Waals surface area contributed by atoms with Gasteiger partial charge in [0.1, 0.15) is 11.9 Å². The molecule has 1 atom stereocenters. The molecule has 0 spiro atoms. The molecule has 5 heteroatoms. The van der Waals surface area contributed by atoms with Gasteiger partial charge in [0.15, 0.2) is 0 Å². The highest BCUT2D eigenvalue weighted by atomic mass is 16.5. The first-order valence-corrected chi connectivity index (χ1v) is 7.59. The summed E-state index contributed by atoms with van der Waals surface area (Å²) in [5.41, 5.74) is 3.04. The van der Waals surface area contributed by atoms with Crippen LogP contribution in [0.1, 0.15) is 25.3 Å². The summed E-state index contributed by atoms with van der Waals surface area (Å²) in [6, 6.07) is 6.04. The number of benzene rings is 1. The largest absolute Gasteiger partial charge is 0.488 e. The normalized spacial score (nSPS) is 16.0. The minimum Gasteiger partial charge on any atom is -0.488 e. The fourth-order valence-electron chi connectivity index (χ4n) is 2.58. The number of aromatic nitrogens is 2. The van der Waals surface area contributed by atoms with Gasteiger partial charge in [0.25, 0.3) is 0 Å². The van der Waals surface area contributed by atoms with Gasteiger partial charge in [-0.1, -0.05) is 6.92 Å². The maximum absolute atomic E-state index is 11.5. The Morgan fingerprint density at radius 1 is 1.41 bits per heavy atom. The Kier molecular flexibility index (Phi) is 4.32. The second-order valence-electron chi connectivity index (χ2n) is 5.41. The lowest BCUT2D eigenvalue weighted by atomic mass is 10.0. The molecular weight excluding hydrogens is 278 g/mol. The van der Waals surface area contributed by atoms with Crippen LogP contribution < -0.4 is 10.1 Å². The first-order valence-electron chi connectivity index (χ1n) is 7.59. The van der Waals surface area contributed by atoms with Gasteiger partial charge in [-0.2, -0.15) is 0 Å². The summed E-state index contributed by atoms with van der Waals surface area (Å²) >= 11 is 0. The van der Waals surface area contributed by atoms with Crippen molar-refractivity contribution in [2.24, 2.45) is 0 Å². The van der Waals surface area contributed by atoms with Crippen LogP contribution in [0.5, 0.6) is 5.75 Å². The van der Waals surface area contributed by atoms with Crippen LogP contribution in [-0.2, 0) is 11.2 Å². The van der Waals surface area contributed by atoms with E-state index in [0.717, 1.165) is 35.4 Å². The van der Waals surface area contributed by atoms with Gasteiger partial charge in [0.2, 0.25) is 5.91 Å². The highest BCUT2D eigenvalue weighted by molar-refractivity contribution is 5.75. The fourth-order valence-corrected chi connectivity index (χ4v) is 2.58. The molecule has 0 aliphatic carbocycles. The minimum absolute atomic E-state index is 0.00733. The Morgan fingerprint density at radius 3 is 3.09 bits per heavy atom. The van der Waals surface area contributed by atoms with Gasteiger partial charge in [-0.05, 0) is 30.2 Å². The van der Waals surface area contributed by atoms with E-state index in [1.807, 2.05) is 19.1 Å². The monoisotopic (exact) mass is 297 g/mol. The number of nitrogens with zero attached hydrogens (tertiary/aromatic N) is 2. The summed E-state index contributed by atoms with van der Waals surface area (Å²) in [7, 11) is 0. The van der Waals surface area contributed by atoms with Gasteiger partial charge < -0.3 is 10.1 Å². The second-order valence-corrected chi connectivity index (χ2v) is 5.41. The summed E-state index contributed by atoms with van der Waals surface area (Å²) in [5, 5.41) is 2.92. The smallest absolute Gasteiger partial charge is 0.220 e. The van der Waals surface area contributed by atoms with Crippen LogP contribution in [0, 0.1) is 0 Å². The summed E-state index contributed by atoms with van der Waals surface area (Å²) in [6.07, 6.45) is 7.33. The first-order chi connectivity index (χ1) is 10.8. The van der Waals surface area contributed by atoms with Gasteiger partial charge >= 0.3 is 0 Å². The predicted molar refractivity (Wildman–Crippen MR) is 83.5 cm³/mol. The van der Waals surface area contributed by atoms with Crippen LogP contribution in [0.2, 0.25) is 0 Å². The SMILES string of the molecule is CCCC(=O)NC[C@H]1Cc2cc(-c3cnccn3)ccc2O1. The van der Waals surface area contributed by atoms with E-state index in [1.165, 1.54) is 0 Å². The number of rotatable bonds is 5. The Hall–Kier alpha value is -2.43. The molecule has 2 aromatic rings. The maximum atomic E-state index is 11.5. The predicted octanol–water partition coefficient (Wildman–Crippen LogP) is 2.36. The fraction of sp³-hybridized carbons (Fsp3) is 0.353. The number of ether oxygens (including phenoxy) is 1.